The fourth-order valence-corrected chi connectivity index (χ4v) is 2.29. The van der Waals surface area contributed by atoms with Crippen LogP contribution in [0.1, 0.15) is 25.2 Å². The molecule has 2 aromatic rings. The number of benzene rings is 1. The molecule has 0 saturated heterocycles. The van der Waals surface area contributed by atoms with Crippen molar-refractivity contribution in [2.24, 2.45) is 0 Å². The van der Waals surface area contributed by atoms with Gasteiger partial charge >= 0.3 is 0 Å². The number of ether oxygens (including phenoxy) is 1. The van der Waals surface area contributed by atoms with Crippen LogP contribution < -0.4 is 10.1 Å². The van der Waals surface area contributed by atoms with Crippen LogP contribution in [0.4, 0.5) is 0 Å². The van der Waals surface area contributed by atoms with Crippen molar-refractivity contribution in [3.8, 4) is 17.0 Å². The van der Waals surface area contributed by atoms with Gasteiger partial charge in [-0.2, -0.15) is 0 Å². The van der Waals surface area contributed by atoms with E-state index in [-0.39, 0.29) is 0 Å². The van der Waals surface area contributed by atoms with Crippen LogP contribution in [-0.4, -0.2) is 22.6 Å². The molecule has 104 valence electrons. The maximum absolute atomic E-state index is 5.54. The molecule has 4 heteroatoms. The number of rotatable bonds is 4. The summed E-state index contributed by atoms with van der Waals surface area (Å²) in [6, 6.07) is 8.65. The van der Waals surface area contributed by atoms with E-state index in [1.165, 1.54) is 5.56 Å². The fourth-order valence-electron chi connectivity index (χ4n) is 2.29. The summed E-state index contributed by atoms with van der Waals surface area (Å²) in [6.45, 7) is 5.71. The Bertz CT molecular complexity index is 610. The van der Waals surface area contributed by atoms with Crippen molar-refractivity contribution in [2.75, 3.05) is 6.61 Å². The first-order valence-electron chi connectivity index (χ1n) is 7.04. The van der Waals surface area contributed by atoms with Crippen LogP contribution in [0.5, 0.6) is 5.75 Å². The van der Waals surface area contributed by atoms with Gasteiger partial charge in [0.15, 0.2) is 0 Å². The zero-order valence-electron chi connectivity index (χ0n) is 11.9. The second-order valence-electron chi connectivity index (χ2n) is 5.31. The van der Waals surface area contributed by atoms with E-state index in [0.717, 1.165) is 35.9 Å². The Balaban J connectivity index is 1.84. The lowest BCUT2D eigenvalue weighted by atomic mass is 10.1. The molecule has 0 aliphatic carbocycles. The van der Waals surface area contributed by atoms with Crippen molar-refractivity contribution in [3.63, 3.8) is 0 Å². The van der Waals surface area contributed by atoms with E-state index in [2.05, 4.69) is 41.3 Å². The van der Waals surface area contributed by atoms with Crippen molar-refractivity contribution < 1.29 is 4.74 Å². The molecule has 1 aliphatic rings. The molecule has 3 rings (SSSR count). The normalized spacial score (nSPS) is 13.3. The Morgan fingerprint density at radius 1 is 1.30 bits per heavy atom. The summed E-state index contributed by atoms with van der Waals surface area (Å²) >= 11 is 0. The average Bonchev–Trinajstić information content (AvgIpc) is 2.93. The predicted octanol–water partition coefficient (Wildman–Crippen LogP) is 2.58. The highest BCUT2D eigenvalue weighted by molar-refractivity contribution is 5.62. The van der Waals surface area contributed by atoms with E-state index >= 15 is 0 Å². The van der Waals surface area contributed by atoms with Gasteiger partial charge in [-0.05, 0) is 29.8 Å². The third-order valence-electron chi connectivity index (χ3n) is 3.36. The van der Waals surface area contributed by atoms with E-state index in [4.69, 9.17) is 4.74 Å². The first-order chi connectivity index (χ1) is 9.72. The van der Waals surface area contributed by atoms with E-state index in [1.54, 1.807) is 0 Å². The minimum Gasteiger partial charge on any atom is -0.493 e. The van der Waals surface area contributed by atoms with Gasteiger partial charge in [0, 0.05) is 24.2 Å². The maximum atomic E-state index is 5.54. The monoisotopic (exact) mass is 269 g/mol. The number of nitrogens with one attached hydrogen (secondary N) is 1. The molecule has 0 unspecified atom stereocenters. The Kier molecular flexibility index (Phi) is 3.65. The number of aromatic nitrogens is 2. The first kappa shape index (κ1) is 13.1. The SMILES string of the molecule is CC(C)NCc1nccc(-c2ccc3c(c2)CCO3)n1. The van der Waals surface area contributed by atoms with Gasteiger partial charge in [0.25, 0.3) is 0 Å². The highest BCUT2D eigenvalue weighted by Crippen LogP contribution is 2.29. The highest BCUT2D eigenvalue weighted by atomic mass is 16.5. The molecule has 0 saturated carbocycles. The van der Waals surface area contributed by atoms with Crippen molar-refractivity contribution in [1.29, 1.82) is 0 Å². The standard InChI is InChI=1S/C16H19N3O/c1-11(2)18-10-16-17-7-5-14(19-16)12-3-4-15-13(9-12)6-8-20-15/h3-5,7,9,11,18H,6,8,10H2,1-2H3. The van der Waals surface area contributed by atoms with Crippen LogP contribution in [0, 0.1) is 0 Å². The summed E-state index contributed by atoms with van der Waals surface area (Å²) in [7, 11) is 0. The summed E-state index contributed by atoms with van der Waals surface area (Å²) in [5.41, 5.74) is 3.36. The third kappa shape index (κ3) is 2.80. The predicted molar refractivity (Wildman–Crippen MR) is 78.6 cm³/mol. The Morgan fingerprint density at radius 3 is 3.05 bits per heavy atom. The summed E-state index contributed by atoms with van der Waals surface area (Å²) < 4.78 is 5.54. The van der Waals surface area contributed by atoms with Gasteiger partial charge in [0.1, 0.15) is 11.6 Å². The average molecular weight is 269 g/mol. The molecule has 0 bridgehead atoms. The van der Waals surface area contributed by atoms with Crippen molar-refractivity contribution in [3.05, 3.63) is 41.9 Å². The minimum absolute atomic E-state index is 0.430. The molecule has 1 aromatic heterocycles. The zero-order chi connectivity index (χ0) is 13.9. The Hall–Kier alpha value is -1.94. The van der Waals surface area contributed by atoms with Crippen molar-refractivity contribution in [1.82, 2.24) is 15.3 Å². The second kappa shape index (κ2) is 5.59. The quantitative estimate of drug-likeness (QED) is 0.926. The van der Waals surface area contributed by atoms with Gasteiger partial charge < -0.3 is 10.1 Å². The lowest BCUT2D eigenvalue weighted by molar-refractivity contribution is 0.357. The molecular weight excluding hydrogens is 250 g/mol. The third-order valence-corrected chi connectivity index (χ3v) is 3.36. The van der Waals surface area contributed by atoms with E-state index in [9.17, 15) is 0 Å². The van der Waals surface area contributed by atoms with Gasteiger partial charge in [-0.3, -0.25) is 0 Å². The summed E-state index contributed by atoms with van der Waals surface area (Å²) in [5, 5.41) is 3.34. The first-order valence-corrected chi connectivity index (χ1v) is 7.04. The minimum atomic E-state index is 0.430. The summed E-state index contributed by atoms with van der Waals surface area (Å²) in [4.78, 5) is 8.94. The van der Waals surface area contributed by atoms with Gasteiger partial charge in [0.2, 0.25) is 0 Å². The summed E-state index contributed by atoms with van der Waals surface area (Å²) in [6.07, 6.45) is 2.80. The molecule has 1 aliphatic heterocycles. The largest absolute Gasteiger partial charge is 0.493 e. The van der Waals surface area contributed by atoms with Gasteiger partial charge in [0.05, 0.1) is 18.8 Å². The number of hydrogen-bond donors (Lipinski definition) is 1. The molecule has 0 spiro atoms. The lowest BCUT2D eigenvalue weighted by Crippen LogP contribution is -2.23. The lowest BCUT2D eigenvalue weighted by Gasteiger charge is -2.08. The van der Waals surface area contributed by atoms with E-state index < -0.39 is 0 Å². The summed E-state index contributed by atoms with van der Waals surface area (Å²) in [5.74, 6) is 1.83. The molecule has 0 radical (unpaired) electrons. The molecule has 20 heavy (non-hydrogen) atoms. The second-order valence-corrected chi connectivity index (χ2v) is 5.31. The van der Waals surface area contributed by atoms with E-state index in [0.29, 0.717) is 12.6 Å². The number of nitrogens with zero attached hydrogens (tertiary/aromatic N) is 2. The Morgan fingerprint density at radius 2 is 2.20 bits per heavy atom. The number of hydrogen-bond acceptors (Lipinski definition) is 4. The molecule has 0 amide bonds. The Labute approximate surface area is 119 Å². The fraction of sp³-hybridized carbons (Fsp3) is 0.375. The van der Waals surface area contributed by atoms with Gasteiger partial charge in [-0.25, -0.2) is 9.97 Å². The molecule has 1 N–H and O–H groups in total. The molecule has 1 aromatic carbocycles. The van der Waals surface area contributed by atoms with Crippen LogP contribution >= 0.6 is 0 Å². The van der Waals surface area contributed by atoms with Crippen LogP contribution in [0.3, 0.4) is 0 Å². The van der Waals surface area contributed by atoms with Crippen LogP contribution in [-0.2, 0) is 13.0 Å². The molecule has 2 heterocycles. The van der Waals surface area contributed by atoms with Gasteiger partial charge in [-0.15, -0.1) is 0 Å². The van der Waals surface area contributed by atoms with Gasteiger partial charge in [-0.1, -0.05) is 13.8 Å². The van der Waals surface area contributed by atoms with Crippen LogP contribution in [0.25, 0.3) is 11.3 Å². The highest BCUT2D eigenvalue weighted by Gasteiger charge is 2.13. The van der Waals surface area contributed by atoms with E-state index in [1.807, 2.05) is 18.3 Å². The van der Waals surface area contributed by atoms with Crippen LogP contribution in [0.15, 0.2) is 30.5 Å². The molecule has 0 atom stereocenters. The maximum Gasteiger partial charge on any atom is 0.142 e. The van der Waals surface area contributed by atoms with Crippen molar-refractivity contribution >= 4 is 0 Å². The number of fused-ring (bicyclic) bond motifs is 1. The molecule has 4 nitrogen and oxygen atoms in total. The molecular formula is C16H19N3O. The molecule has 0 fully saturated rings. The van der Waals surface area contributed by atoms with Crippen molar-refractivity contribution in [2.45, 2.75) is 32.9 Å². The topological polar surface area (TPSA) is 47.0 Å². The smallest absolute Gasteiger partial charge is 0.142 e. The zero-order valence-corrected chi connectivity index (χ0v) is 11.9. The van der Waals surface area contributed by atoms with Crippen LogP contribution in [0.2, 0.25) is 0 Å².